The van der Waals surface area contributed by atoms with E-state index >= 15 is 0 Å². The lowest BCUT2D eigenvalue weighted by Crippen LogP contribution is -2.60. The topological polar surface area (TPSA) is 92.3 Å². The Morgan fingerprint density at radius 2 is 1.83 bits per heavy atom. The van der Waals surface area contributed by atoms with Gasteiger partial charge in [-0.25, -0.2) is 0 Å². The lowest BCUT2D eigenvalue weighted by atomic mass is 9.95. The van der Waals surface area contributed by atoms with Crippen LogP contribution < -0.4 is 20.7 Å². The van der Waals surface area contributed by atoms with Gasteiger partial charge < -0.3 is 20.7 Å². The molecule has 1 spiro atoms. The first-order valence-electron chi connectivity index (χ1n) is 11.5. The van der Waals surface area contributed by atoms with Gasteiger partial charge in [0.15, 0.2) is 5.72 Å². The number of alkyl halides is 3. The maximum absolute atomic E-state index is 13.0. The minimum atomic E-state index is -4.65. The van der Waals surface area contributed by atoms with Crippen molar-refractivity contribution >= 4 is 17.5 Å². The number of carbonyl (C=O) groups excluding carboxylic acids is 2. The van der Waals surface area contributed by atoms with Gasteiger partial charge in [-0.15, -0.1) is 0 Å². The number of pyridine rings is 1. The van der Waals surface area contributed by atoms with Gasteiger partial charge >= 0.3 is 6.18 Å². The summed E-state index contributed by atoms with van der Waals surface area (Å²) in [6, 6.07) is 12.5. The second-order valence-electron chi connectivity index (χ2n) is 8.92. The predicted molar refractivity (Wildman–Crippen MR) is 127 cm³/mol. The molecule has 2 aromatic carbocycles. The van der Waals surface area contributed by atoms with Crippen LogP contribution in [0.3, 0.4) is 0 Å². The van der Waals surface area contributed by atoms with Gasteiger partial charge in [0.2, 0.25) is 0 Å². The van der Waals surface area contributed by atoms with Gasteiger partial charge in [-0.1, -0.05) is 12.1 Å². The van der Waals surface area contributed by atoms with Crippen molar-refractivity contribution in [3.63, 3.8) is 0 Å². The molecule has 7 nitrogen and oxygen atoms in total. The molecule has 186 valence electrons. The number of nitrogens with zero attached hydrogens (tertiary/aromatic N) is 1. The van der Waals surface area contributed by atoms with Crippen molar-refractivity contribution in [3.8, 4) is 16.9 Å². The van der Waals surface area contributed by atoms with Crippen LogP contribution in [0.1, 0.15) is 44.8 Å². The molecule has 0 bridgehead atoms. The Kier molecular flexibility index (Phi) is 5.91. The van der Waals surface area contributed by atoms with Crippen molar-refractivity contribution in [3.05, 3.63) is 77.1 Å². The van der Waals surface area contributed by atoms with Gasteiger partial charge in [0, 0.05) is 43.4 Å². The zero-order valence-electron chi connectivity index (χ0n) is 19.3. The number of piperidine rings is 1. The van der Waals surface area contributed by atoms with E-state index in [1.807, 2.05) is 13.0 Å². The van der Waals surface area contributed by atoms with E-state index in [-0.39, 0.29) is 11.5 Å². The summed E-state index contributed by atoms with van der Waals surface area (Å²) >= 11 is 0. The number of nitrogens with one attached hydrogen (secondary N) is 3. The molecule has 5 rings (SSSR count). The van der Waals surface area contributed by atoms with Gasteiger partial charge in [-0.3, -0.25) is 14.6 Å². The number of rotatable bonds is 3. The fourth-order valence-corrected chi connectivity index (χ4v) is 4.47. The van der Waals surface area contributed by atoms with Crippen molar-refractivity contribution in [1.82, 2.24) is 15.6 Å². The summed E-state index contributed by atoms with van der Waals surface area (Å²) in [7, 11) is 0. The predicted octanol–water partition coefficient (Wildman–Crippen LogP) is 4.53. The number of halogens is 3. The Hall–Kier alpha value is -3.92. The average Bonchev–Trinajstić information content (AvgIpc) is 2.85. The quantitative estimate of drug-likeness (QED) is 0.496. The highest BCUT2D eigenvalue weighted by atomic mass is 19.4. The molecule has 1 aromatic heterocycles. The molecule has 0 atom stereocenters. The third-order valence-electron chi connectivity index (χ3n) is 6.40. The second-order valence-corrected chi connectivity index (χ2v) is 8.92. The molecule has 1 fully saturated rings. The molecule has 0 saturated carbocycles. The number of anilines is 1. The van der Waals surface area contributed by atoms with E-state index in [4.69, 9.17) is 4.74 Å². The zero-order chi connectivity index (χ0) is 25.5. The number of ether oxygens (including phenoxy) is 1. The first-order valence-corrected chi connectivity index (χ1v) is 11.5. The van der Waals surface area contributed by atoms with E-state index in [0.29, 0.717) is 35.9 Å². The summed E-state index contributed by atoms with van der Waals surface area (Å²) in [6.45, 7) is 3.37. The molecule has 1 saturated heterocycles. The summed E-state index contributed by atoms with van der Waals surface area (Å²) in [5.41, 5.74) is 1.32. The highest BCUT2D eigenvalue weighted by Gasteiger charge is 2.40. The summed E-state index contributed by atoms with van der Waals surface area (Å²) in [5.74, 6) is -0.377. The smallest absolute Gasteiger partial charge is 0.433 e. The number of aromatic nitrogens is 1. The van der Waals surface area contributed by atoms with Gasteiger partial charge in [0.05, 0.1) is 5.56 Å². The van der Waals surface area contributed by atoms with Gasteiger partial charge in [0.1, 0.15) is 11.4 Å². The highest BCUT2D eigenvalue weighted by molar-refractivity contribution is 6.04. The summed E-state index contributed by atoms with van der Waals surface area (Å²) in [5, 5.41) is 8.91. The van der Waals surface area contributed by atoms with E-state index < -0.39 is 23.5 Å². The third-order valence-corrected chi connectivity index (χ3v) is 6.40. The molecule has 3 heterocycles. The van der Waals surface area contributed by atoms with E-state index in [9.17, 15) is 22.8 Å². The van der Waals surface area contributed by atoms with E-state index in [1.165, 1.54) is 6.07 Å². The minimum Gasteiger partial charge on any atom is -0.467 e. The fourth-order valence-electron chi connectivity index (χ4n) is 4.47. The van der Waals surface area contributed by atoms with Crippen LogP contribution in [0.2, 0.25) is 0 Å². The van der Waals surface area contributed by atoms with Crippen molar-refractivity contribution in [2.24, 2.45) is 0 Å². The van der Waals surface area contributed by atoms with Crippen LogP contribution in [-0.4, -0.2) is 35.6 Å². The van der Waals surface area contributed by atoms with Crippen LogP contribution in [-0.2, 0) is 6.18 Å². The zero-order valence-corrected chi connectivity index (χ0v) is 19.3. The maximum Gasteiger partial charge on any atom is 0.433 e. The van der Waals surface area contributed by atoms with Crippen LogP contribution in [0, 0.1) is 6.92 Å². The number of hydrogen-bond donors (Lipinski definition) is 3. The van der Waals surface area contributed by atoms with Crippen molar-refractivity contribution in [2.45, 2.75) is 31.7 Å². The van der Waals surface area contributed by atoms with Crippen LogP contribution in [0.5, 0.6) is 5.75 Å². The summed E-state index contributed by atoms with van der Waals surface area (Å²) in [6.07, 6.45) is -2.40. The first kappa shape index (κ1) is 23.8. The maximum atomic E-state index is 13.0. The minimum absolute atomic E-state index is 0.153. The Morgan fingerprint density at radius 1 is 1.06 bits per heavy atom. The number of benzene rings is 2. The SMILES string of the molecule is Cc1ccc(NC(=O)c2ccnc(C(F)(F)F)c2)cc1-c1ccc2c(c1)OC1(CCNCC1)NC2=O. The number of hydrogen-bond acceptors (Lipinski definition) is 5. The van der Waals surface area contributed by atoms with Gasteiger partial charge in [-0.05, 0) is 60.0 Å². The molecule has 10 heteroatoms. The Labute approximate surface area is 205 Å². The third kappa shape index (κ3) is 4.64. The lowest BCUT2D eigenvalue weighted by molar-refractivity contribution is -0.141. The second kappa shape index (κ2) is 8.94. The molecule has 0 unspecified atom stereocenters. The van der Waals surface area contributed by atoms with E-state index in [0.717, 1.165) is 36.0 Å². The van der Waals surface area contributed by atoms with E-state index in [2.05, 4.69) is 20.9 Å². The standard InChI is InChI=1S/C26H23F3N4O3/c1-15-2-4-18(32-23(34)17-6-9-31-22(13-17)26(27,28)29)14-20(15)16-3-5-19-21(12-16)36-25(33-24(19)35)7-10-30-11-8-25/h2-6,9,12-14,30H,7-8,10-11H2,1H3,(H,32,34)(H,33,35). The molecule has 2 aliphatic heterocycles. The van der Waals surface area contributed by atoms with E-state index in [1.54, 1.807) is 30.3 Å². The molecule has 2 amide bonds. The molecule has 36 heavy (non-hydrogen) atoms. The Morgan fingerprint density at radius 3 is 2.58 bits per heavy atom. The van der Waals surface area contributed by atoms with Crippen molar-refractivity contribution in [2.75, 3.05) is 18.4 Å². The molecular weight excluding hydrogens is 473 g/mol. The van der Waals surface area contributed by atoms with Gasteiger partial charge in [0.25, 0.3) is 11.8 Å². The first-order chi connectivity index (χ1) is 17.1. The number of carbonyl (C=O) groups is 2. The normalized spacial score (nSPS) is 16.6. The Bertz CT molecular complexity index is 1350. The monoisotopic (exact) mass is 496 g/mol. The molecule has 3 N–H and O–H groups in total. The van der Waals surface area contributed by atoms with Gasteiger partial charge in [-0.2, -0.15) is 13.2 Å². The largest absolute Gasteiger partial charge is 0.467 e. The average molecular weight is 496 g/mol. The molecule has 0 radical (unpaired) electrons. The number of aryl methyl sites for hydroxylation is 1. The van der Waals surface area contributed by atoms with Crippen molar-refractivity contribution in [1.29, 1.82) is 0 Å². The Balaban J connectivity index is 1.42. The molecular formula is C26H23F3N4O3. The highest BCUT2D eigenvalue weighted by Crippen LogP contribution is 2.37. The molecule has 0 aliphatic carbocycles. The summed E-state index contributed by atoms with van der Waals surface area (Å²) in [4.78, 5) is 28.7. The van der Waals surface area contributed by atoms with Crippen LogP contribution in [0.25, 0.3) is 11.1 Å². The van der Waals surface area contributed by atoms with Crippen LogP contribution in [0.15, 0.2) is 54.7 Å². The molecule has 2 aliphatic rings. The van der Waals surface area contributed by atoms with Crippen LogP contribution in [0.4, 0.5) is 18.9 Å². The van der Waals surface area contributed by atoms with Crippen LogP contribution >= 0.6 is 0 Å². The van der Waals surface area contributed by atoms with Crippen molar-refractivity contribution < 1.29 is 27.5 Å². The molecule has 3 aromatic rings. The lowest BCUT2D eigenvalue weighted by Gasteiger charge is -2.41. The summed E-state index contributed by atoms with van der Waals surface area (Å²) < 4.78 is 45.2. The fraction of sp³-hybridized carbons (Fsp3) is 0.269. The number of fused-ring (bicyclic) bond motifs is 1. The number of amides is 2.